The van der Waals surface area contributed by atoms with Crippen LogP contribution in [0.3, 0.4) is 0 Å². The van der Waals surface area contributed by atoms with Crippen LogP contribution in [0, 0.1) is 29.2 Å². The van der Waals surface area contributed by atoms with Gasteiger partial charge in [0.25, 0.3) is 5.91 Å². The van der Waals surface area contributed by atoms with E-state index in [-0.39, 0.29) is 24.6 Å². The van der Waals surface area contributed by atoms with Crippen molar-refractivity contribution in [3.05, 3.63) is 59.2 Å². The molecule has 0 aliphatic carbocycles. The van der Waals surface area contributed by atoms with Gasteiger partial charge >= 0.3 is 0 Å². The predicted octanol–water partition coefficient (Wildman–Crippen LogP) is 3.28. The number of benzene rings is 2. The number of hydrogen-bond donors (Lipinski definition) is 2. The van der Waals surface area contributed by atoms with Crippen molar-refractivity contribution in [2.24, 2.45) is 5.92 Å². The molecule has 1 aliphatic heterocycles. The lowest BCUT2D eigenvalue weighted by Crippen LogP contribution is -2.38. The number of amides is 1. The largest absolute Gasteiger partial charge is 0.392 e. The van der Waals surface area contributed by atoms with Gasteiger partial charge < -0.3 is 10.4 Å². The van der Waals surface area contributed by atoms with Crippen molar-refractivity contribution in [2.45, 2.75) is 30.8 Å². The Balaban J connectivity index is 1.91. The van der Waals surface area contributed by atoms with Crippen molar-refractivity contribution in [3.63, 3.8) is 0 Å². The molecular weight excluding hydrogens is 440 g/mol. The number of aliphatic hydroxyl groups is 1. The van der Waals surface area contributed by atoms with Crippen LogP contribution in [-0.4, -0.2) is 42.9 Å². The van der Waals surface area contributed by atoms with E-state index in [0.29, 0.717) is 25.0 Å². The van der Waals surface area contributed by atoms with Gasteiger partial charge in [0.1, 0.15) is 10.7 Å². The number of sulfonamides is 1. The Hall–Kier alpha value is -2.50. The van der Waals surface area contributed by atoms with Crippen LogP contribution < -0.4 is 5.32 Å². The van der Waals surface area contributed by atoms with Crippen molar-refractivity contribution < 1.29 is 35.9 Å². The number of rotatable bonds is 4. The SMILES string of the molecule is CC1CCC(O)CN(S(=O)(=O)c2cc(C(=O)Nc3cc(F)c(F)c(F)c3)ccc2F)C1. The molecule has 1 saturated heterocycles. The average molecular weight is 460 g/mol. The molecule has 2 unspecified atom stereocenters. The molecule has 2 aromatic rings. The van der Waals surface area contributed by atoms with Crippen LogP contribution in [0.2, 0.25) is 0 Å². The summed E-state index contributed by atoms with van der Waals surface area (Å²) >= 11 is 0. The topological polar surface area (TPSA) is 86.7 Å². The van der Waals surface area contributed by atoms with E-state index >= 15 is 0 Å². The fourth-order valence-electron chi connectivity index (χ4n) is 3.33. The van der Waals surface area contributed by atoms with Crippen LogP contribution in [0.5, 0.6) is 0 Å². The van der Waals surface area contributed by atoms with Crippen LogP contribution in [0.15, 0.2) is 35.2 Å². The lowest BCUT2D eigenvalue weighted by Gasteiger charge is -2.23. The summed E-state index contributed by atoms with van der Waals surface area (Å²) in [6.07, 6.45) is 0.101. The summed E-state index contributed by atoms with van der Waals surface area (Å²) in [6, 6.07) is 3.69. The molecule has 11 heteroatoms. The smallest absolute Gasteiger partial charge is 0.255 e. The molecule has 31 heavy (non-hydrogen) atoms. The summed E-state index contributed by atoms with van der Waals surface area (Å²) in [5.74, 6) is -6.89. The Morgan fingerprint density at radius 3 is 2.32 bits per heavy atom. The molecule has 0 aromatic heterocycles. The van der Waals surface area contributed by atoms with Gasteiger partial charge in [0.05, 0.1) is 6.10 Å². The fourth-order valence-corrected chi connectivity index (χ4v) is 5.01. The minimum Gasteiger partial charge on any atom is -0.392 e. The maximum absolute atomic E-state index is 14.4. The van der Waals surface area contributed by atoms with E-state index in [1.807, 2.05) is 6.92 Å². The maximum atomic E-state index is 14.4. The third kappa shape index (κ3) is 5.05. The number of carbonyl (C=O) groups is 1. The first-order valence-electron chi connectivity index (χ1n) is 9.42. The highest BCUT2D eigenvalue weighted by molar-refractivity contribution is 7.89. The van der Waals surface area contributed by atoms with Gasteiger partial charge in [0.15, 0.2) is 17.5 Å². The molecular formula is C20H20F4N2O4S. The van der Waals surface area contributed by atoms with Crippen LogP contribution in [0.25, 0.3) is 0 Å². The van der Waals surface area contributed by atoms with Gasteiger partial charge in [-0.1, -0.05) is 6.92 Å². The fraction of sp³-hybridized carbons (Fsp3) is 0.350. The van der Waals surface area contributed by atoms with E-state index in [9.17, 15) is 35.9 Å². The first-order valence-corrected chi connectivity index (χ1v) is 10.9. The molecule has 0 bridgehead atoms. The summed E-state index contributed by atoms with van der Waals surface area (Å²) in [7, 11) is -4.38. The molecule has 3 rings (SSSR count). The Morgan fingerprint density at radius 2 is 1.68 bits per heavy atom. The highest BCUT2D eigenvalue weighted by atomic mass is 32.2. The van der Waals surface area contributed by atoms with E-state index in [1.54, 1.807) is 0 Å². The number of aliphatic hydroxyl groups excluding tert-OH is 1. The second-order valence-electron chi connectivity index (χ2n) is 7.51. The Morgan fingerprint density at radius 1 is 1.03 bits per heavy atom. The number of halogens is 4. The van der Waals surface area contributed by atoms with Crippen molar-refractivity contribution >= 4 is 21.6 Å². The quantitative estimate of drug-likeness (QED) is 0.542. The van der Waals surface area contributed by atoms with Crippen LogP contribution in [0.4, 0.5) is 23.2 Å². The number of nitrogens with one attached hydrogen (secondary N) is 1. The van der Waals surface area contributed by atoms with Crippen molar-refractivity contribution in [2.75, 3.05) is 18.4 Å². The van der Waals surface area contributed by atoms with E-state index in [0.717, 1.165) is 22.5 Å². The number of anilines is 1. The third-order valence-electron chi connectivity index (χ3n) is 4.98. The van der Waals surface area contributed by atoms with Crippen molar-refractivity contribution in [1.82, 2.24) is 4.31 Å². The summed E-state index contributed by atoms with van der Waals surface area (Å²) in [5.41, 5.74) is -0.701. The Bertz CT molecular complexity index is 1080. The van der Waals surface area contributed by atoms with E-state index in [2.05, 4.69) is 5.32 Å². The monoisotopic (exact) mass is 460 g/mol. The van der Waals surface area contributed by atoms with Gasteiger partial charge in [-0.25, -0.2) is 26.0 Å². The van der Waals surface area contributed by atoms with E-state index < -0.39 is 55.9 Å². The average Bonchev–Trinajstić information content (AvgIpc) is 2.87. The van der Waals surface area contributed by atoms with Crippen LogP contribution in [-0.2, 0) is 10.0 Å². The number of carbonyl (C=O) groups excluding carboxylic acids is 1. The van der Waals surface area contributed by atoms with Crippen molar-refractivity contribution in [1.29, 1.82) is 0 Å². The summed E-state index contributed by atoms with van der Waals surface area (Å²) in [5, 5.41) is 12.1. The molecule has 1 amide bonds. The zero-order valence-corrected chi connectivity index (χ0v) is 17.2. The van der Waals surface area contributed by atoms with Gasteiger partial charge in [-0.05, 0) is 37.0 Å². The third-order valence-corrected chi connectivity index (χ3v) is 6.82. The predicted molar refractivity (Wildman–Crippen MR) is 104 cm³/mol. The lowest BCUT2D eigenvalue weighted by atomic mass is 10.1. The minimum atomic E-state index is -4.38. The number of hydrogen-bond acceptors (Lipinski definition) is 4. The minimum absolute atomic E-state index is 0.0651. The highest BCUT2D eigenvalue weighted by Crippen LogP contribution is 2.26. The van der Waals surface area contributed by atoms with Gasteiger partial charge in [0.2, 0.25) is 10.0 Å². The molecule has 0 radical (unpaired) electrons. The van der Waals surface area contributed by atoms with Crippen LogP contribution in [0.1, 0.15) is 30.1 Å². The molecule has 0 spiro atoms. The molecule has 1 fully saturated rings. The van der Waals surface area contributed by atoms with E-state index in [4.69, 9.17) is 0 Å². The number of nitrogens with zero attached hydrogens (tertiary/aromatic N) is 1. The maximum Gasteiger partial charge on any atom is 0.255 e. The number of β-amino-alcohol motifs (C(OH)–C–C–N with tert-alkyl or cyclic N) is 1. The van der Waals surface area contributed by atoms with Gasteiger partial charge in [0, 0.05) is 36.5 Å². The molecule has 2 N–H and O–H groups in total. The first kappa shape index (κ1) is 23.2. The Labute approximate surface area is 176 Å². The summed E-state index contributed by atoms with van der Waals surface area (Å²) < 4.78 is 81.2. The molecule has 2 aromatic carbocycles. The molecule has 0 saturated carbocycles. The second kappa shape index (κ2) is 8.93. The summed E-state index contributed by atoms with van der Waals surface area (Å²) in [6.45, 7) is 1.67. The molecule has 168 valence electrons. The highest BCUT2D eigenvalue weighted by Gasteiger charge is 2.33. The summed E-state index contributed by atoms with van der Waals surface area (Å²) in [4.78, 5) is 11.7. The normalized spacial score (nSPS) is 20.3. The van der Waals surface area contributed by atoms with Crippen LogP contribution >= 0.6 is 0 Å². The lowest BCUT2D eigenvalue weighted by molar-refractivity contribution is 0.102. The van der Waals surface area contributed by atoms with Gasteiger partial charge in [-0.15, -0.1) is 0 Å². The second-order valence-corrected chi connectivity index (χ2v) is 9.42. The molecule has 1 heterocycles. The first-order chi connectivity index (χ1) is 14.5. The van der Waals surface area contributed by atoms with Gasteiger partial charge in [-0.2, -0.15) is 4.31 Å². The standard InChI is InChI=1S/C20H20F4N2O4S/c1-11-2-4-14(27)10-26(9-11)31(29,30)18-6-12(3-5-15(18)21)20(28)25-13-7-16(22)19(24)17(23)8-13/h3,5-8,11,14,27H,2,4,9-10H2,1H3,(H,25,28). The van der Waals surface area contributed by atoms with Crippen molar-refractivity contribution in [3.8, 4) is 0 Å². The zero-order valence-electron chi connectivity index (χ0n) is 16.4. The van der Waals surface area contributed by atoms with E-state index in [1.165, 1.54) is 0 Å². The zero-order chi connectivity index (χ0) is 22.9. The molecule has 2 atom stereocenters. The Kier molecular flexibility index (Phi) is 6.68. The molecule has 1 aliphatic rings. The van der Waals surface area contributed by atoms with Gasteiger partial charge in [-0.3, -0.25) is 4.79 Å². The molecule has 6 nitrogen and oxygen atoms in total.